The molecule has 0 unspecified atom stereocenters. The van der Waals surface area contributed by atoms with Crippen LogP contribution in [0.3, 0.4) is 0 Å². The van der Waals surface area contributed by atoms with Gasteiger partial charge in [-0.3, -0.25) is 9.59 Å². The lowest BCUT2D eigenvalue weighted by Crippen LogP contribution is -2.05. The molecule has 0 fully saturated rings. The van der Waals surface area contributed by atoms with E-state index in [1.54, 1.807) is 11.8 Å². The van der Waals surface area contributed by atoms with Crippen LogP contribution in [0.4, 0.5) is 0 Å². The van der Waals surface area contributed by atoms with Crippen molar-refractivity contribution >= 4 is 28.6 Å². The largest absolute Gasteiger partial charge is 0.301 e. The van der Waals surface area contributed by atoms with Gasteiger partial charge in [-0.25, -0.2) is 4.98 Å². The van der Waals surface area contributed by atoms with Crippen molar-refractivity contribution in [3.05, 3.63) is 35.3 Å². The minimum Gasteiger partial charge on any atom is -0.301 e. The lowest BCUT2D eigenvalue weighted by atomic mass is 10.2. The zero-order valence-corrected chi connectivity index (χ0v) is 12.4. The van der Waals surface area contributed by atoms with Gasteiger partial charge in [0.2, 0.25) is 5.12 Å². The monoisotopic (exact) mass is 298 g/mol. The Morgan fingerprint density at radius 1 is 1.32 bits per heavy atom. The van der Waals surface area contributed by atoms with Crippen molar-refractivity contribution in [2.75, 3.05) is 11.5 Å². The predicted octanol–water partition coefficient (Wildman–Crippen LogP) is 2.87. The van der Waals surface area contributed by atoms with Crippen LogP contribution >= 0.6 is 23.5 Å². The number of aromatic nitrogens is 2. The highest BCUT2D eigenvalue weighted by atomic mass is 32.2. The Morgan fingerprint density at radius 3 is 2.74 bits per heavy atom. The summed E-state index contributed by atoms with van der Waals surface area (Å²) in [7, 11) is 0. The molecule has 0 amide bonds. The zero-order chi connectivity index (χ0) is 13.9. The highest BCUT2D eigenvalue weighted by Crippen LogP contribution is 2.14. The second kappa shape index (κ2) is 9.86. The molecule has 6 heteroatoms. The Morgan fingerprint density at radius 2 is 2.05 bits per heavy atom. The van der Waals surface area contributed by atoms with Crippen LogP contribution in [0.1, 0.15) is 25.7 Å². The summed E-state index contributed by atoms with van der Waals surface area (Å²) in [5, 5.41) is 0.731. The Bertz CT molecular complexity index is 460. The molecule has 0 aliphatic heterocycles. The van der Waals surface area contributed by atoms with E-state index < -0.39 is 0 Å². The predicted molar refractivity (Wildman–Crippen MR) is 81.7 cm³/mol. The average molecular weight is 298 g/mol. The molecular weight excluding hydrogens is 280 g/mol. The number of carbonyl (C=O) groups is 1. The Kier molecular flexibility index (Phi) is 8.33. The Balaban J connectivity index is 1.98. The van der Waals surface area contributed by atoms with Crippen LogP contribution in [0.15, 0.2) is 34.9 Å². The number of thioether (sulfide) groups is 2. The van der Waals surface area contributed by atoms with E-state index in [0.717, 1.165) is 37.2 Å². The molecule has 0 aromatic carbocycles. The summed E-state index contributed by atoms with van der Waals surface area (Å²) in [4.78, 5) is 28.7. The third kappa shape index (κ3) is 7.89. The van der Waals surface area contributed by atoms with Gasteiger partial charge in [-0.15, -0.1) is 0 Å². The maximum atomic E-state index is 11.0. The van der Waals surface area contributed by atoms with Gasteiger partial charge < -0.3 is 4.98 Å². The molecule has 0 spiro atoms. The molecule has 0 atom stereocenters. The highest BCUT2D eigenvalue weighted by Gasteiger charge is 1.98. The van der Waals surface area contributed by atoms with Gasteiger partial charge in [-0.05, 0) is 18.9 Å². The van der Waals surface area contributed by atoms with Crippen molar-refractivity contribution < 1.29 is 4.79 Å². The Hall–Kier alpha value is -1.01. The summed E-state index contributed by atoms with van der Waals surface area (Å²) in [6.45, 7) is 3.43. The standard InChI is InChI=1S/C13H18N2O2S2/c1-2-12(17)18-9-5-3-4-6-10-19-13-14-8-7-11(16)15-13/h2,7-8H,1,3-6,9-10H2,(H,14,15,16). The van der Waals surface area contributed by atoms with Crippen LogP contribution < -0.4 is 5.56 Å². The third-order valence-corrected chi connectivity index (χ3v) is 4.25. The molecule has 104 valence electrons. The van der Waals surface area contributed by atoms with Crippen molar-refractivity contribution in [1.82, 2.24) is 9.97 Å². The summed E-state index contributed by atoms with van der Waals surface area (Å²) in [6.07, 6.45) is 7.27. The van der Waals surface area contributed by atoms with Gasteiger partial charge >= 0.3 is 0 Å². The first-order valence-corrected chi connectivity index (χ1v) is 8.17. The first-order valence-electron chi connectivity index (χ1n) is 6.19. The topological polar surface area (TPSA) is 62.8 Å². The SMILES string of the molecule is C=CC(=O)SCCCCCCSc1nccc(=O)[nH]1. The fraction of sp³-hybridized carbons (Fsp3) is 0.462. The second-order valence-electron chi connectivity index (χ2n) is 3.87. The van der Waals surface area contributed by atoms with E-state index in [4.69, 9.17) is 0 Å². The average Bonchev–Trinajstić information content (AvgIpc) is 2.41. The van der Waals surface area contributed by atoms with Gasteiger partial charge in [0.05, 0.1) is 0 Å². The number of carbonyl (C=O) groups excluding carboxylic acids is 1. The smallest absolute Gasteiger partial charge is 0.251 e. The minimum absolute atomic E-state index is 0.0506. The Labute approximate surface area is 121 Å². The number of unbranched alkanes of at least 4 members (excludes halogenated alkanes) is 3. The molecule has 1 heterocycles. The summed E-state index contributed by atoms with van der Waals surface area (Å²) in [5.41, 5.74) is -0.110. The van der Waals surface area contributed by atoms with E-state index in [2.05, 4.69) is 16.5 Å². The quantitative estimate of drug-likeness (QED) is 0.329. The van der Waals surface area contributed by atoms with Crippen LogP contribution in [0, 0.1) is 0 Å². The van der Waals surface area contributed by atoms with E-state index in [1.807, 2.05) is 0 Å². The van der Waals surface area contributed by atoms with Gasteiger partial charge in [-0.1, -0.05) is 42.9 Å². The normalized spacial score (nSPS) is 10.3. The molecule has 4 nitrogen and oxygen atoms in total. The summed E-state index contributed by atoms with van der Waals surface area (Å²) in [5.74, 6) is 1.82. The number of aromatic amines is 1. The molecule has 0 bridgehead atoms. The zero-order valence-electron chi connectivity index (χ0n) is 10.8. The third-order valence-electron chi connectivity index (χ3n) is 2.34. The van der Waals surface area contributed by atoms with E-state index in [0.29, 0.717) is 5.16 Å². The maximum Gasteiger partial charge on any atom is 0.251 e. The van der Waals surface area contributed by atoms with Crippen molar-refractivity contribution in [2.45, 2.75) is 30.8 Å². The van der Waals surface area contributed by atoms with Crippen LogP contribution in [0.25, 0.3) is 0 Å². The molecular formula is C13H18N2O2S2. The molecule has 1 N–H and O–H groups in total. The van der Waals surface area contributed by atoms with E-state index >= 15 is 0 Å². The molecule has 1 aromatic heterocycles. The van der Waals surface area contributed by atoms with Gasteiger partial charge in [0, 0.05) is 23.8 Å². The molecule has 1 rings (SSSR count). The number of hydrogen-bond acceptors (Lipinski definition) is 5. The molecule has 0 saturated carbocycles. The number of nitrogens with zero attached hydrogens (tertiary/aromatic N) is 1. The van der Waals surface area contributed by atoms with E-state index in [-0.39, 0.29) is 10.7 Å². The molecule has 0 saturated heterocycles. The van der Waals surface area contributed by atoms with Crippen LogP contribution in [-0.4, -0.2) is 26.6 Å². The number of rotatable bonds is 9. The van der Waals surface area contributed by atoms with Gasteiger partial charge in [0.15, 0.2) is 5.16 Å². The lowest BCUT2D eigenvalue weighted by Gasteiger charge is -2.01. The molecule has 0 aliphatic carbocycles. The number of hydrogen-bond donors (Lipinski definition) is 1. The first kappa shape index (κ1) is 16.0. The minimum atomic E-state index is -0.110. The fourth-order valence-electron chi connectivity index (χ4n) is 1.38. The summed E-state index contributed by atoms with van der Waals surface area (Å²) < 4.78 is 0. The van der Waals surface area contributed by atoms with Crippen molar-refractivity contribution in [1.29, 1.82) is 0 Å². The second-order valence-corrected chi connectivity index (χ2v) is 6.06. The van der Waals surface area contributed by atoms with Crippen molar-refractivity contribution in [2.24, 2.45) is 0 Å². The maximum absolute atomic E-state index is 11.0. The number of nitrogens with one attached hydrogen (secondary N) is 1. The van der Waals surface area contributed by atoms with Gasteiger partial charge in [0.1, 0.15) is 0 Å². The van der Waals surface area contributed by atoms with Crippen LogP contribution in [0.2, 0.25) is 0 Å². The molecule has 0 aliphatic rings. The van der Waals surface area contributed by atoms with Gasteiger partial charge in [0.25, 0.3) is 5.56 Å². The van der Waals surface area contributed by atoms with Gasteiger partial charge in [-0.2, -0.15) is 0 Å². The van der Waals surface area contributed by atoms with E-state index in [9.17, 15) is 9.59 Å². The summed E-state index contributed by atoms with van der Waals surface area (Å²) in [6, 6.07) is 1.41. The van der Waals surface area contributed by atoms with Crippen LogP contribution in [-0.2, 0) is 4.79 Å². The number of H-pyrrole nitrogens is 1. The molecule has 19 heavy (non-hydrogen) atoms. The lowest BCUT2D eigenvalue weighted by molar-refractivity contribution is -0.107. The van der Waals surface area contributed by atoms with Crippen molar-refractivity contribution in [3.8, 4) is 0 Å². The molecule has 0 radical (unpaired) electrons. The molecule has 1 aromatic rings. The first-order chi connectivity index (χ1) is 9.22. The summed E-state index contributed by atoms with van der Waals surface area (Å²) >= 11 is 2.89. The fourth-order valence-corrected chi connectivity index (χ4v) is 2.90. The highest BCUT2D eigenvalue weighted by molar-refractivity contribution is 8.14. The van der Waals surface area contributed by atoms with Crippen molar-refractivity contribution in [3.63, 3.8) is 0 Å². The van der Waals surface area contributed by atoms with E-state index in [1.165, 1.54) is 30.1 Å². The van der Waals surface area contributed by atoms with Crippen LogP contribution in [0.5, 0.6) is 0 Å².